The molecule has 0 bridgehead atoms. The Hall–Kier alpha value is -0.810. The van der Waals surface area contributed by atoms with E-state index in [1.807, 2.05) is 7.05 Å². The molecule has 2 heterocycles. The maximum absolute atomic E-state index is 4.39. The van der Waals surface area contributed by atoms with E-state index in [0.717, 1.165) is 12.5 Å². The summed E-state index contributed by atoms with van der Waals surface area (Å²) in [7, 11) is 4.10. The van der Waals surface area contributed by atoms with Crippen molar-refractivity contribution in [3.05, 3.63) is 0 Å². The van der Waals surface area contributed by atoms with Gasteiger partial charge in [-0.2, -0.15) is 0 Å². The third-order valence-corrected chi connectivity index (χ3v) is 4.87. The molecule has 2 rings (SSSR count). The molecule has 0 spiro atoms. The van der Waals surface area contributed by atoms with Gasteiger partial charge in [0.05, 0.1) is 0 Å². The van der Waals surface area contributed by atoms with Crippen molar-refractivity contribution in [3.63, 3.8) is 0 Å². The second kappa shape index (κ2) is 8.59. The van der Waals surface area contributed by atoms with Crippen molar-refractivity contribution in [1.29, 1.82) is 0 Å². The summed E-state index contributed by atoms with van der Waals surface area (Å²) in [5.41, 5.74) is 0. The summed E-state index contributed by atoms with van der Waals surface area (Å²) >= 11 is 0. The molecule has 2 aliphatic rings. The van der Waals surface area contributed by atoms with E-state index in [0.29, 0.717) is 12.1 Å². The summed E-state index contributed by atoms with van der Waals surface area (Å²) in [5, 5.41) is 7.11. The normalized spacial score (nSPS) is 26.2. The highest BCUT2D eigenvalue weighted by Gasteiger charge is 2.22. The molecule has 2 N–H and O–H groups in total. The molecule has 0 radical (unpaired) electrons. The number of likely N-dealkylation sites (tertiary alicyclic amines) is 2. The zero-order valence-corrected chi connectivity index (χ0v) is 14.1. The fourth-order valence-corrected chi connectivity index (χ4v) is 3.46. The molecule has 122 valence electrons. The van der Waals surface area contributed by atoms with E-state index in [9.17, 15) is 0 Å². The maximum Gasteiger partial charge on any atom is 0.191 e. The Kier molecular flexibility index (Phi) is 6.77. The molecule has 2 saturated heterocycles. The van der Waals surface area contributed by atoms with Crippen molar-refractivity contribution in [2.75, 3.05) is 46.8 Å². The van der Waals surface area contributed by atoms with Crippen molar-refractivity contribution in [1.82, 2.24) is 20.4 Å². The fourth-order valence-electron chi connectivity index (χ4n) is 3.46. The average Bonchev–Trinajstić information content (AvgIpc) is 2.91. The first kappa shape index (κ1) is 16.6. The topological polar surface area (TPSA) is 42.9 Å². The number of aliphatic imine (C=N–C) groups is 1. The van der Waals surface area contributed by atoms with Crippen LogP contribution in [-0.2, 0) is 0 Å². The molecular weight excluding hydrogens is 262 g/mol. The minimum Gasteiger partial charge on any atom is -0.355 e. The van der Waals surface area contributed by atoms with Gasteiger partial charge in [0.25, 0.3) is 0 Å². The molecule has 0 aromatic carbocycles. The lowest BCUT2D eigenvalue weighted by Gasteiger charge is -2.33. The molecule has 0 aromatic rings. The molecule has 21 heavy (non-hydrogen) atoms. The Morgan fingerprint density at radius 3 is 2.52 bits per heavy atom. The SMILES string of the molecule is CCCN1CCC(NC(=NC)NCC2CCCN2C)CC1. The number of piperidine rings is 1. The molecule has 5 nitrogen and oxygen atoms in total. The lowest BCUT2D eigenvalue weighted by Crippen LogP contribution is -2.50. The van der Waals surface area contributed by atoms with Gasteiger partial charge in [0, 0.05) is 38.8 Å². The Balaban J connectivity index is 1.68. The monoisotopic (exact) mass is 295 g/mol. The number of hydrogen-bond donors (Lipinski definition) is 2. The van der Waals surface area contributed by atoms with E-state index >= 15 is 0 Å². The Labute approximate surface area is 130 Å². The van der Waals surface area contributed by atoms with Crippen LogP contribution in [-0.4, -0.2) is 74.7 Å². The minimum absolute atomic E-state index is 0.575. The van der Waals surface area contributed by atoms with Gasteiger partial charge in [-0.15, -0.1) is 0 Å². The molecule has 5 heteroatoms. The Morgan fingerprint density at radius 1 is 1.19 bits per heavy atom. The summed E-state index contributed by atoms with van der Waals surface area (Å²) in [6.45, 7) is 8.17. The van der Waals surface area contributed by atoms with Gasteiger partial charge >= 0.3 is 0 Å². The van der Waals surface area contributed by atoms with E-state index in [1.54, 1.807) is 0 Å². The Bertz CT molecular complexity index is 323. The first-order valence-corrected chi connectivity index (χ1v) is 8.62. The van der Waals surface area contributed by atoms with Crippen LogP contribution < -0.4 is 10.6 Å². The van der Waals surface area contributed by atoms with Gasteiger partial charge in [0.2, 0.25) is 0 Å². The minimum atomic E-state index is 0.575. The molecule has 1 unspecified atom stereocenters. The molecular formula is C16H33N5. The number of nitrogens with zero attached hydrogens (tertiary/aromatic N) is 3. The van der Waals surface area contributed by atoms with Gasteiger partial charge in [0.1, 0.15) is 0 Å². The Morgan fingerprint density at radius 2 is 1.95 bits per heavy atom. The van der Waals surface area contributed by atoms with Crippen LogP contribution in [0.1, 0.15) is 39.0 Å². The molecule has 2 fully saturated rings. The highest BCUT2D eigenvalue weighted by molar-refractivity contribution is 5.80. The second-order valence-corrected chi connectivity index (χ2v) is 6.49. The molecule has 0 amide bonds. The van der Waals surface area contributed by atoms with Gasteiger partial charge in [-0.3, -0.25) is 4.99 Å². The van der Waals surface area contributed by atoms with Crippen LogP contribution in [0.25, 0.3) is 0 Å². The molecule has 0 aliphatic carbocycles. The summed E-state index contributed by atoms with van der Waals surface area (Å²) in [6, 6.07) is 1.24. The van der Waals surface area contributed by atoms with Crippen LogP contribution in [0.3, 0.4) is 0 Å². The average molecular weight is 295 g/mol. The van der Waals surface area contributed by atoms with E-state index < -0.39 is 0 Å². The van der Waals surface area contributed by atoms with Crippen molar-refractivity contribution >= 4 is 5.96 Å². The molecule has 0 aromatic heterocycles. The van der Waals surface area contributed by atoms with Crippen molar-refractivity contribution in [2.24, 2.45) is 4.99 Å². The second-order valence-electron chi connectivity index (χ2n) is 6.49. The summed E-state index contributed by atoms with van der Waals surface area (Å²) in [5.74, 6) is 0.976. The van der Waals surface area contributed by atoms with Gasteiger partial charge in [-0.05, 0) is 52.2 Å². The number of guanidine groups is 1. The van der Waals surface area contributed by atoms with Gasteiger partial charge in [-0.1, -0.05) is 6.92 Å². The number of nitrogens with one attached hydrogen (secondary N) is 2. The first-order valence-electron chi connectivity index (χ1n) is 8.62. The predicted octanol–water partition coefficient (Wildman–Crippen LogP) is 1.12. The third kappa shape index (κ3) is 5.15. The number of hydrogen-bond acceptors (Lipinski definition) is 3. The molecule has 1 atom stereocenters. The smallest absolute Gasteiger partial charge is 0.191 e. The largest absolute Gasteiger partial charge is 0.355 e. The van der Waals surface area contributed by atoms with Crippen LogP contribution >= 0.6 is 0 Å². The van der Waals surface area contributed by atoms with Crippen molar-refractivity contribution < 1.29 is 0 Å². The van der Waals surface area contributed by atoms with Crippen molar-refractivity contribution in [2.45, 2.75) is 51.1 Å². The van der Waals surface area contributed by atoms with Gasteiger partial charge in [0.15, 0.2) is 5.96 Å². The summed E-state index contributed by atoms with van der Waals surface area (Å²) in [4.78, 5) is 9.41. The molecule has 2 aliphatic heterocycles. The lowest BCUT2D eigenvalue weighted by molar-refractivity contribution is 0.206. The summed E-state index contributed by atoms with van der Waals surface area (Å²) < 4.78 is 0. The molecule has 0 saturated carbocycles. The predicted molar refractivity (Wildman–Crippen MR) is 89.9 cm³/mol. The number of rotatable bonds is 5. The standard InChI is InChI=1S/C16H33N5/c1-4-9-21-11-7-14(8-12-21)19-16(17-2)18-13-15-6-5-10-20(15)3/h14-15H,4-13H2,1-3H3,(H2,17,18,19). The van der Waals surface area contributed by atoms with E-state index in [2.05, 4.69) is 39.4 Å². The maximum atomic E-state index is 4.39. The fraction of sp³-hybridized carbons (Fsp3) is 0.938. The zero-order chi connectivity index (χ0) is 15.1. The highest BCUT2D eigenvalue weighted by Crippen LogP contribution is 2.13. The van der Waals surface area contributed by atoms with Crippen LogP contribution in [0.5, 0.6) is 0 Å². The van der Waals surface area contributed by atoms with Crippen LogP contribution in [0.2, 0.25) is 0 Å². The number of likely N-dealkylation sites (N-methyl/N-ethyl adjacent to an activating group) is 1. The first-order chi connectivity index (χ1) is 10.2. The highest BCUT2D eigenvalue weighted by atomic mass is 15.2. The van der Waals surface area contributed by atoms with Crippen molar-refractivity contribution in [3.8, 4) is 0 Å². The van der Waals surface area contributed by atoms with E-state index in [-0.39, 0.29) is 0 Å². The third-order valence-electron chi connectivity index (χ3n) is 4.87. The van der Waals surface area contributed by atoms with Crippen LogP contribution in [0.4, 0.5) is 0 Å². The lowest BCUT2D eigenvalue weighted by atomic mass is 10.1. The quantitative estimate of drug-likeness (QED) is 0.589. The zero-order valence-electron chi connectivity index (χ0n) is 14.1. The van der Waals surface area contributed by atoms with E-state index in [4.69, 9.17) is 0 Å². The van der Waals surface area contributed by atoms with Crippen LogP contribution in [0.15, 0.2) is 4.99 Å². The van der Waals surface area contributed by atoms with Gasteiger partial charge in [-0.25, -0.2) is 0 Å². The van der Waals surface area contributed by atoms with Gasteiger partial charge < -0.3 is 20.4 Å². The summed E-state index contributed by atoms with van der Waals surface area (Å²) in [6.07, 6.45) is 6.34. The van der Waals surface area contributed by atoms with Crippen LogP contribution in [0, 0.1) is 0 Å². The van der Waals surface area contributed by atoms with E-state index in [1.165, 1.54) is 58.3 Å².